The largest absolute Gasteiger partial charge is 0.478 e. The van der Waals surface area contributed by atoms with Gasteiger partial charge in [0.1, 0.15) is 0 Å². The number of allylic oxidation sites excluding steroid dienone is 2. The van der Waals surface area contributed by atoms with E-state index in [9.17, 15) is 14.4 Å². The molecule has 1 aliphatic rings. The number of benzene rings is 1. The SMILES string of the molecule is O=C(O)C1=C(CC(=O)c2ccccc2)C(=O)CC(Br)=C1. The summed E-state index contributed by atoms with van der Waals surface area (Å²) in [7, 11) is 0. The van der Waals surface area contributed by atoms with Crippen LogP contribution in [-0.4, -0.2) is 22.6 Å². The number of Topliss-reactive ketones (excluding diaryl/α,β-unsaturated/α-hetero) is 2. The number of halogens is 1. The van der Waals surface area contributed by atoms with Gasteiger partial charge in [-0.15, -0.1) is 0 Å². The zero-order valence-electron chi connectivity index (χ0n) is 10.4. The van der Waals surface area contributed by atoms with E-state index in [4.69, 9.17) is 5.11 Å². The Morgan fingerprint density at radius 1 is 1.20 bits per heavy atom. The zero-order valence-corrected chi connectivity index (χ0v) is 12.0. The zero-order chi connectivity index (χ0) is 14.7. The van der Waals surface area contributed by atoms with Crippen molar-refractivity contribution >= 4 is 33.5 Å². The molecule has 0 heterocycles. The van der Waals surface area contributed by atoms with E-state index >= 15 is 0 Å². The number of carboxylic acids is 1. The molecule has 0 fully saturated rings. The van der Waals surface area contributed by atoms with Crippen molar-refractivity contribution in [3.63, 3.8) is 0 Å². The van der Waals surface area contributed by atoms with E-state index in [-0.39, 0.29) is 35.6 Å². The van der Waals surface area contributed by atoms with E-state index < -0.39 is 5.97 Å². The van der Waals surface area contributed by atoms with Crippen molar-refractivity contribution in [2.24, 2.45) is 0 Å². The highest BCUT2D eigenvalue weighted by Crippen LogP contribution is 2.27. The van der Waals surface area contributed by atoms with Crippen molar-refractivity contribution in [1.82, 2.24) is 0 Å². The van der Waals surface area contributed by atoms with Crippen LogP contribution in [-0.2, 0) is 9.59 Å². The van der Waals surface area contributed by atoms with Crippen molar-refractivity contribution in [3.05, 3.63) is 57.6 Å². The summed E-state index contributed by atoms with van der Waals surface area (Å²) in [5, 5.41) is 9.14. The molecule has 1 aromatic rings. The summed E-state index contributed by atoms with van der Waals surface area (Å²) in [5.41, 5.74) is 0.415. The second-order valence-corrected chi connectivity index (χ2v) is 5.37. The fraction of sp³-hybridized carbons (Fsp3) is 0.133. The number of aliphatic carboxylic acids is 1. The molecule has 0 amide bonds. The van der Waals surface area contributed by atoms with Crippen molar-refractivity contribution in [2.75, 3.05) is 0 Å². The summed E-state index contributed by atoms with van der Waals surface area (Å²) in [6.45, 7) is 0. The van der Waals surface area contributed by atoms with Crippen LogP contribution in [0.25, 0.3) is 0 Å². The number of carbonyl (C=O) groups excluding carboxylic acids is 2. The van der Waals surface area contributed by atoms with E-state index in [1.165, 1.54) is 6.08 Å². The van der Waals surface area contributed by atoms with Gasteiger partial charge in [-0.2, -0.15) is 0 Å². The number of rotatable bonds is 4. The van der Waals surface area contributed by atoms with E-state index in [1.807, 2.05) is 0 Å². The van der Waals surface area contributed by atoms with E-state index in [0.29, 0.717) is 10.0 Å². The molecule has 0 unspecified atom stereocenters. The third-order valence-electron chi connectivity index (χ3n) is 2.96. The second-order valence-electron chi connectivity index (χ2n) is 4.35. The first kappa shape index (κ1) is 14.4. The lowest BCUT2D eigenvalue weighted by Gasteiger charge is -2.14. The third kappa shape index (κ3) is 3.11. The smallest absolute Gasteiger partial charge is 0.336 e. The van der Waals surface area contributed by atoms with Crippen molar-refractivity contribution in [2.45, 2.75) is 12.8 Å². The standard InChI is InChI=1S/C15H11BrO4/c16-10-6-12(15(19)20)11(14(18)7-10)8-13(17)9-4-2-1-3-5-9/h1-6H,7-8H2,(H,19,20). The Kier molecular flexibility index (Phi) is 4.29. The maximum absolute atomic E-state index is 12.1. The van der Waals surface area contributed by atoms with E-state index in [0.717, 1.165) is 0 Å². The van der Waals surface area contributed by atoms with Gasteiger partial charge in [0.25, 0.3) is 0 Å². The van der Waals surface area contributed by atoms with Gasteiger partial charge in [0.2, 0.25) is 0 Å². The average Bonchev–Trinajstić information content (AvgIpc) is 2.42. The van der Waals surface area contributed by atoms with E-state index in [2.05, 4.69) is 15.9 Å². The highest BCUT2D eigenvalue weighted by atomic mass is 79.9. The maximum atomic E-state index is 12.1. The number of ketones is 2. The van der Waals surface area contributed by atoms with Crippen LogP contribution in [0.2, 0.25) is 0 Å². The van der Waals surface area contributed by atoms with Gasteiger partial charge in [0.05, 0.1) is 5.57 Å². The lowest BCUT2D eigenvalue weighted by atomic mass is 9.91. The highest BCUT2D eigenvalue weighted by molar-refractivity contribution is 9.11. The van der Waals surface area contributed by atoms with Crippen LogP contribution in [0.15, 0.2) is 52.0 Å². The molecule has 20 heavy (non-hydrogen) atoms. The minimum Gasteiger partial charge on any atom is -0.478 e. The molecule has 0 aliphatic heterocycles. The predicted octanol–water partition coefficient (Wildman–Crippen LogP) is 2.89. The summed E-state index contributed by atoms with van der Waals surface area (Å²) < 4.78 is 0.510. The maximum Gasteiger partial charge on any atom is 0.336 e. The number of hydrogen-bond donors (Lipinski definition) is 1. The van der Waals surface area contributed by atoms with Gasteiger partial charge in [0, 0.05) is 28.5 Å². The Labute approximate surface area is 123 Å². The Morgan fingerprint density at radius 2 is 1.85 bits per heavy atom. The first-order valence-electron chi connectivity index (χ1n) is 5.93. The van der Waals surface area contributed by atoms with Crippen LogP contribution in [0.4, 0.5) is 0 Å². The molecule has 102 valence electrons. The molecule has 0 aromatic heterocycles. The molecule has 0 saturated carbocycles. The van der Waals surface area contributed by atoms with Gasteiger partial charge in [0.15, 0.2) is 11.6 Å². The molecular weight excluding hydrogens is 324 g/mol. The van der Waals surface area contributed by atoms with Crippen molar-refractivity contribution < 1.29 is 19.5 Å². The Hall–Kier alpha value is -2.01. The van der Waals surface area contributed by atoms with Crippen molar-refractivity contribution in [1.29, 1.82) is 0 Å². The minimum absolute atomic E-state index is 0.0644. The Balaban J connectivity index is 2.34. The molecule has 2 rings (SSSR count). The van der Waals surface area contributed by atoms with Gasteiger partial charge >= 0.3 is 5.97 Å². The summed E-state index contributed by atoms with van der Waals surface area (Å²) in [5.74, 6) is -1.80. The molecule has 5 heteroatoms. The molecule has 0 spiro atoms. The molecule has 0 bridgehead atoms. The number of carbonyl (C=O) groups is 3. The van der Waals surface area contributed by atoms with Gasteiger partial charge in [-0.1, -0.05) is 46.3 Å². The fourth-order valence-corrected chi connectivity index (χ4v) is 2.46. The van der Waals surface area contributed by atoms with Gasteiger partial charge in [-0.3, -0.25) is 9.59 Å². The second kappa shape index (κ2) is 5.96. The molecular formula is C15H11BrO4. The lowest BCUT2D eigenvalue weighted by molar-refractivity contribution is -0.132. The first-order valence-corrected chi connectivity index (χ1v) is 6.72. The normalized spacial score (nSPS) is 15.1. The van der Waals surface area contributed by atoms with Crippen LogP contribution in [0.1, 0.15) is 23.2 Å². The summed E-state index contributed by atoms with van der Waals surface area (Å²) in [6.07, 6.45) is 1.28. The molecule has 0 saturated heterocycles. The lowest BCUT2D eigenvalue weighted by Crippen LogP contribution is -2.17. The first-order chi connectivity index (χ1) is 9.49. The summed E-state index contributed by atoms with van der Waals surface area (Å²) >= 11 is 3.13. The molecule has 0 atom stereocenters. The number of carboxylic acid groups (broad SMARTS) is 1. The van der Waals surface area contributed by atoms with Gasteiger partial charge in [-0.25, -0.2) is 4.79 Å². The molecule has 1 aliphatic carbocycles. The quantitative estimate of drug-likeness (QED) is 0.859. The minimum atomic E-state index is -1.20. The van der Waals surface area contributed by atoms with Crippen LogP contribution in [0.5, 0.6) is 0 Å². The fourth-order valence-electron chi connectivity index (χ4n) is 1.98. The third-order valence-corrected chi connectivity index (χ3v) is 3.46. The predicted molar refractivity (Wildman–Crippen MR) is 76.7 cm³/mol. The van der Waals surface area contributed by atoms with Crippen LogP contribution in [0.3, 0.4) is 0 Å². The van der Waals surface area contributed by atoms with Crippen molar-refractivity contribution in [3.8, 4) is 0 Å². The molecule has 0 radical (unpaired) electrons. The molecule has 1 aromatic carbocycles. The molecule has 1 N–H and O–H groups in total. The average molecular weight is 335 g/mol. The Morgan fingerprint density at radius 3 is 2.45 bits per heavy atom. The van der Waals surface area contributed by atoms with Crippen LogP contribution < -0.4 is 0 Å². The highest BCUT2D eigenvalue weighted by Gasteiger charge is 2.26. The topological polar surface area (TPSA) is 71.4 Å². The Bertz CT molecular complexity index is 641. The van der Waals surface area contributed by atoms with Gasteiger partial charge in [-0.05, 0) is 6.08 Å². The van der Waals surface area contributed by atoms with Gasteiger partial charge < -0.3 is 5.11 Å². The van der Waals surface area contributed by atoms with Crippen LogP contribution in [0, 0.1) is 0 Å². The van der Waals surface area contributed by atoms with E-state index in [1.54, 1.807) is 30.3 Å². The summed E-state index contributed by atoms with van der Waals surface area (Å²) in [6, 6.07) is 8.51. The molecule has 4 nitrogen and oxygen atoms in total. The van der Waals surface area contributed by atoms with Crippen LogP contribution >= 0.6 is 15.9 Å². The monoisotopic (exact) mass is 334 g/mol. The number of hydrogen-bond acceptors (Lipinski definition) is 3. The summed E-state index contributed by atoms with van der Waals surface area (Å²) in [4.78, 5) is 35.2.